The van der Waals surface area contributed by atoms with E-state index < -0.39 is 0 Å². The molecule has 4 rings (SSSR count). The molecule has 0 bridgehead atoms. The molecule has 2 aromatic heterocycles. The number of halogens is 2. The molecular weight excluding hydrogens is 473 g/mol. The van der Waals surface area contributed by atoms with E-state index in [0.29, 0.717) is 28.2 Å². The quantitative estimate of drug-likeness (QED) is 0.404. The SMILES string of the molecule is COc1ncc(Cl)cc1SNc1ccnc(-c2ccc(CN3CCN(C(C)C)CC3)cc2F)c1. The van der Waals surface area contributed by atoms with Gasteiger partial charge >= 0.3 is 0 Å². The second-order valence-corrected chi connectivity index (χ2v) is 9.80. The molecule has 0 amide bonds. The Hall–Kier alpha value is -2.39. The van der Waals surface area contributed by atoms with Gasteiger partial charge in [0.2, 0.25) is 5.88 Å². The Kier molecular flexibility index (Phi) is 8.26. The molecule has 1 saturated heterocycles. The predicted molar refractivity (Wildman–Crippen MR) is 137 cm³/mol. The molecule has 1 aromatic carbocycles. The molecule has 6 nitrogen and oxygen atoms in total. The molecule has 1 aliphatic rings. The fourth-order valence-corrected chi connectivity index (χ4v) is 4.94. The highest BCUT2D eigenvalue weighted by atomic mass is 35.5. The summed E-state index contributed by atoms with van der Waals surface area (Å²) in [6.07, 6.45) is 3.19. The van der Waals surface area contributed by atoms with E-state index in [1.807, 2.05) is 24.3 Å². The van der Waals surface area contributed by atoms with Crippen LogP contribution in [-0.2, 0) is 6.54 Å². The van der Waals surface area contributed by atoms with Crippen molar-refractivity contribution < 1.29 is 9.13 Å². The zero-order valence-electron chi connectivity index (χ0n) is 19.6. The van der Waals surface area contributed by atoms with Gasteiger partial charge < -0.3 is 9.46 Å². The molecule has 0 spiro atoms. The van der Waals surface area contributed by atoms with Gasteiger partial charge in [0.05, 0.1) is 22.7 Å². The maximum atomic E-state index is 15.1. The summed E-state index contributed by atoms with van der Waals surface area (Å²) in [4.78, 5) is 14.2. The number of methoxy groups -OCH3 is 1. The van der Waals surface area contributed by atoms with Crippen LogP contribution in [0.1, 0.15) is 19.4 Å². The number of nitrogens with zero attached hydrogens (tertiary/aromatic N) is 4. The largest absolute Gasteiger partial charge is 0.480 e. The highest BCUT2D eigenvalue weighted by Gasteiger charge is 2.19. The maximum absolute atomic E-state index is 15.1. The van der Waals surface area contributed by atoms with Crippen LogP contribution in [0.3, 0.4) is 0 Å². The molecule has 0 unspecified atom stereocenters. The minimum atomic E-state index is -0.267. The maximum Gasteiger partial charge on any atom is 0.228 e. The van der Waals surface area contributed by atoms with E-state index in [9.17, 15) is 0 Å². The van der Waals surface area contributed by atoms with Crippen LogP contribution in [0.4, 0.5) is 10.1 Å². The topological polar surface area (TPSA) is 53.5 Å². The fraction of sp³-hybridized carbons (Fsp3) is 0.360. The molecule has 0 saturated carbocycles. The lowest BCUT2D eigenvalue weighted by Gasteiger charge is -2.36. The van der Waals surface area contributed by atoms with Crippen molar-refractivity contribution in [2.75, 3.05) is 38.0 Å². The van der Waals surface area contributed by atoms with Crippen LogP contribution in [0, 0.1) is 5.82 Å². The normalized spacial score (nSPS) is 15.0. The Morgan fingerprint density at radius 1 is 1.12 bits per heavy atom. The van der Waals surface area contributed by atoms with Crippen molar-refractivity contribution in [3.63, 3.8) is 0 Å². The average molecular weight is 502 g/mol. The number of piperazine rings is 1. The van der Waals surface area contributed by atoms with Crippen LogP contribution in [0.5, 0.6) is 5.88 Å². The Balaban J connectivity index is 1.42. The zero-order valence-corrected chi connectivity index (χ0v) is 21.2. The Morgan fingerprint density at radius 3 is 2.62 bits per heavy atom. The number of aromatic nitrogens is 2. The van der Waals surface area contributed by atoms with E-state index in [-0.39, 0.29) is 5.82 Å². The van der Waals surface area contributed by atoms with E-state index in [1.54, 1.807) is 25.4 Å². The van der Waals surface area contributed by atoms with Crippen LogP contribution in [0.15, 0.2) is 53.7 Å². The van der Waals surface area contributed by atoms with Gasteiger partial charge in [0.1, 0.15) is 5.82 Å². The van der Waals surface area contributed by atoms with E-state index in [2.05, 4.69) is 38.3 Å². The van der Waals surface area contributed by atoms with Crippen LogP contribution in [-0.4, -0.2) is 59.1 Å². The minimum absolute atomic E-state index is 0.267. The summed E-state index contributed by atoms with van der Waals surface area (Å²) >= 11 is 7.37. The second kappa shape index (κ2) is 11.4. The summed E-state index contributed by atoms with van der Waals surface area (Å²) in [5.41, 5.74) is 2.80. The molecule has 0 aliphatic carbocycles. The molecule has 3 heterocycles. The van der Waals surface area contributed by atoms with Crippen LogP contribution in [0.2, 0.25) is 5.02 Å². The lowest BCUT2D eigenvalue weighted by Crippen LogP contribution is -2.48. The summed E-state index contributed by atoms with van der Waals surface area (Å²) < 4.78 is 23.6. The number of rotatable bonds is 8. The van der Waals surface area contributed by atoms with Crippen molar-refractivity contribution in [1.29, 1.82) is 0 Å². The van der Waals surface area contributed by atoms with E-state index in [1.165, 1.54) is 18.1 Å². The van der Waals surface area contributed by atoms with E-state index >= 15 is 4.39 Å². The average Bonchev–Trinajstić information content (AvgIpc) is 2.83. The first-order valence-corrected chi connectivity index (χ1v) is 12.5. The van der Waals surface area contributed by atoms with Gasteiger partial charge in [-0.05, 0) is 61.7 Å². The van der Waals surface area contributed by atoms with Gasteiger partial charge in [0, 0.05) is 62.4 Å². The summed E-state index contributed by atoms with van der Waals surface area (Å²) in [6, 6.07) is 11.4. The van der Waals surface area contributed by atoms with Crippen LogP contribution >= 0.6 is 23.5 Å². The van der Waals surface area contributed by atoms with Gasteiger partial charge in [0.15, 0.2) is 0 Å². The monoisotopic (exact) mass is 501 g/mol. The number of pyridine rings is 2. The number of nitrogens with one attached hydrogen (secondary N) is 1. The van der Waals surface area contributed by atoms with Crippen molar-refractivity contribution in [3.05, 3.63) is 65.2 Å². The third-order valence-electron chi connectivity index (χ3n) is 5.87. The molecular formula is C25H29ClFN5OS. The number of hydrogen-bond acceptors (Lipinski definition) is 7. The van der Waals surface area contributed by atoms with Crippen molar-refractivity contribution in [2.45, 2.75) is 31.3 Å². The molecule has 1 N–H and O–H groups in total. The van der Waals surface area contributed by atoms with Gasteiger partial charge in [-0.2, -0.15) is 0 Å². The van der Waals surface area contributed by atoms with Gasteiger partial charge in [-0.3, -0.25) is 14.8 Å². The Bertz CT molecular complexity index is 1120. The highest BCUT2D eigenvalue weighted by molar-refractivity contribution is 8.00. The second-order valence-electron chi connectivity index (χ2n) is 8.51. The van der Waals surface area contributed by atoms with E-state index in [0.717, 1.165) is 48.9 Å². The summed E-state index contributed by atoms with van der Waals surface area (Å²) in [6.45, 7) is 9.32. The molecule has 9 heteroatoms. The third kappa shape index (κ3) is 6.18. The standard InChI is InChI=1S/C25H29ClFN5OS/c1-17(2)32-10-8-31(9-11-32)16-18-4-5-21(22(27)12-18)23-14-20(6-7-28-23)30-34-24-13-19(26)15-29-25(24)33-3/h4-7,12-15,17H,8-11,16H2,1-3H3,(H,28,30). The number of hydrogen-bond donors (Lipinski definition) is 1. The fourth-order valence-electron chi connectivity index (χ4n) is 3.95. The van der Waals surface area contributed by atoms with E-state index in [4.69, 9.17) is 16.3 Å². The summed E-state index contributed by atoms with van der Waals surface area (Å²) in [5.74, 6) is 0.208. The minimum Gasteiger partial charge on any atom is -0.480 e. The highest BCUT2D eigenvalue weighted by Crippen LogP contribution is 2.32. The number of anilines is 1. The Morgan fingerprint density at radius 2 is 1.91 bits per heavy atom. The van der Waals surface area contributed by atoms with Crippen molar-refractivity contribution in [3.8, 4) is 17.1 Å². The summed E-state index contributed by atoms with van der Waals surface area (Å²) in [5, 5.41) is 0.518. The molecule has 0 radical (unpaired) electrons. The first-order chi connectivity index (χ1) is 16.4. The van der Waals surface area contributed by atoms with Gasteiger partial charge in [-0.15, -0.1) is 0 Å². The number of ether oxygens (including phenoxy) is 1. The first-order valence-electron chi connectivity index (χ1n) is 11.3. The number of benzene rings is 1. The lowest BCUT2D eigenvalue weighted by atomic mass is 10.1. The van der Waals surface area contributed by atoms with Gasteiger partial charge in [-0.25, -0.2) is 9.37 Å². The van der Waals surface area contributed by atoms with Crippen LogP contribution in [0.25, 0.3) is 11.3 Å². The molecule has 1 aliphatic heterocycles. The Labute approximate surface area is 209 Å². The van der Waals surface area contributed by atoms with Gasteiger partial charge in [0.25, 0.3) is 0 Å². The molecule has 34 heavy (non-hydrogen) atoms. The molecule has 180 valence electrons. The van der Waals surface area contributed by atoms with Crippen molar-refractivity contribution in [2.24, 2.45) is 0 Å². The lowest BCUT2D eigenvalue weighted by molar-refractivity contribution is 0.104. The van der Waals surface area contributed by atoms with Crippen LogP contribution < -0.4 is 9.46 Å². The zero-order chi connectivity index (χ0) is 24.1. The molecule has 0 atom stereocenters. The van der Waals surface area contributed by atoms with Gasteiger partial charge in [-0.1, -0.05) is 17.7 Å². The van der Waals surface area contributed by atoms with Crippen molar-refractivity contribution >= 4 is 29.2 Å². The predicted octanol–water partition coefficient (Wildman–Crippen LogP) is 5.59. The third-order valence-corrected chi connectivity index (χ3v) is 6.93. The molecule has 1 fully saturated rings. The summed E-state index contributed by atoms with van der Waals surface area (Å²) in [7, 11) is 1.56. The first kappa shape index (κ1) is 24.7. The smallest absolute Gasteiger partial charge is 0.228 e. The van der Waals surface area contributed by atoms with Crippen molar-refractivity contribution in [1.82, 2.24) is 19.8 Å². The molecule has 3 aromatic rings.